The molecule has 0 spiro atoms. The Hall–Kier alpha value is -1.31. The third-order valence-corrected chi connectivity index (χ3v) is 4.72. The molecule has 18 heavy (non-hydrogen) atoms. The zero-order valence-corrected chi connectivity index (χ0v) is 11.4. The van der Waals surface area contributed by atoms with Crippen LogP contribution in [0.25, 0.3) is 0 Å². The minimum absolute atomic E-state index is 0.00667. The van der Waals surface area contributed by atoms with Crippen LogP contribution < -0.4 is 10.5 Å². The fraction of sp³-hybridized carbons (Fsp3) is 0.455. The van der Waals surface area contributed by atoms with Crippen molar-refractivity contribution >= 4 is 15.7 Å². The molecule has 0 bridgehead atoms. The Labute approximate surface area is 107 Å². The molecule has 0 aliphatic carbocycles. The zero-order chi connectivity index (χ0) is 13.9. The quantitative estimate of drug-likeness (QED) is 0.752. The molecule has 1 unspecified atom stereocenters. The van der Waals surface area contributed by atoms with E-state index in [0.29, 0.717) is 5.69 Å². The maximum Gasteiger partial charge on any atom is 0.246 e. The summed E-state index contributed by atoms with van der Waals surface area (Å²) in [5.41, 5.74) is 5.93. The summed E-state index contributed by atoms with van der Waals surface area (Å²) in [6.45, 7) is 1.34. The van der Waals surface area contributed by atoms with E-state index in [2.05, 4.69) is 0 Å². The average Bonchev–Trinajstić information content (AvgIpc) is 2.36. The number of aliphatic hydroxyl groups excluding tert-OH is 1. The highest BCUT2D eigenvalue weighted by atomic mass is 32.2. The van der Waals surface area contributed by atoms with Crippen molar-refractivity contribution in [3.8, 4) is 5.75 Å². The number of hydrogen-bond acceptors (Lipinski definition) is 5. The van der Waals surface area contributed by atoms with Gasteiger partial charge < -0.3 is 15.6 Å². The van der Waals surface area contributed by atoms with Crippen LogP contribution in [0.4, 0.5) is 5.69 Å². The van der Waals surface area contributed by atoms with E-state index in [9.17, 15) is 8.42 Å². The van der Waals surface area contributed by atoms with Crippen LogP contribution in [0, 0.1) is 0 Å². The fourth-order valence-corrected chi connectivity index (χ4v) is 2.94. The number of nitrogens with two attached hydrogens (primary N) is 1. The summed E-state index contributed by atoms with van der Waals surface area (Å²) in [6.07, 6.45) is 0. The number of nitrogen functional groups attached to an aromatic ring is 1. The molecule has 1 rings (SSSR count). The van der Waals surface area contributed by atoms with Crippen LogP contribution in [0.3, 0.4) is 0 Å². The lowest BCUT2D eigenvalue weighted by Crippen LogP contribution is -2.37. The topological polar surface area (TPSA) is 92.9 Å². The third-order valence-electron chi connectivity index (χ3n) is 2.73. The summed E-state index contributed by atoms with van der Waals surface area (Å²) < 4.78 is 30.8. The predicted molar refractivity (Wildman–Crippen MR) is 68.9 cm³/mol. The maximum absolute atomic E-state index is 12.3. The summed E-state index contributed by atoms with van der Waals surface area (Å²) in [5.74, 6) is 0.223. The van der Waals surface area contributed by atoms with Crippen molar-refractivity contribution in [2.75, 3.05) is 26.5 Å². The molecule has 1 atom stereocenters. The molecule has 0 saturated carbocycles. The van der Waals surface area contributed by atoms with E-state index in [-0.39, 0.29) is 17.3 Å². The number of sulfonamides is 1. The van der Waals surface area contributed by atoms with E-state index < -0.39 is 16.1 Å². The number of anilines is 1. The van der Waals surface area contributed by atoms with E-state index in [1.165, 1.54) is 26.3 Å². The van der Waals surface area contributed by atoms with Gasteiger partial charge >= 0.3 is 0 Å². The van der Waals surface area contributed by atoms with Crippen LogP contribution in [-0.4, -0.2) is 44.6 Å². The zero-order valence-electron chi connectivity index (χ0n) is 10.6. The number of methoxy groups -OCH3 is 1. The molecular weight excluding hydrogens is 256 g/mol. The summed E-state index contributed by atoms with van der Waals surface area (Å²) in [5, 5.41) is 9.03. The lowest BCUT2D eigenvalue weighted by Gasteiger charge is -2.23. The third kappa shape index (κ3) is 2.74. The second-order valence-electron chi connectivity index (χ2n) is 3.96. The molecule has 1 aromatic rings. The molecule has 0 aliphatic rings. The Morgan fingerprint density at radius 2 is 2.11 bits per heavy atom. The molecule has 0 aromatic heterocycles. The van der Waals surface area contributed by atoms with E-state index in [1.807, 2.05) is 0 Å². The van der Waals surface area contributed by atoms with Gasteiger partial charge in [-0.2, -0.15) is 4.31 Å². The second-order valence-corrected chi connectivity index (χ2v) is 5.93. The van der Waals surface area contributed by atoms with Crippen LogP contribution in [0.5, 0.6) is 5.75 Å². The molecule has 0 aliphatic heterocycles. The summed E-state index contributed by atoms with van der Waals surface area (Å²) >= 11 is 0. The summed E-state index contributed by atoms with van der Waals surface area (Å²) in [4.78, 5) is -0.00667. The minimum atomic E-state index is -3.75. The van der Waals surface area contributed by atoms with Gasteiger partial charge in [0.05, 0.1) is 13.7 Å². The van der Waals surface area contributed by atoms with Gasteiger partial charge in [-0.1, -0.05) is 0 Å². The van der Waals surface area contributed by atoms with Gasteiger partial charge in [0, 0.05) is 18.8 Å². The highest BCUT2D eigenvalue weighted by Gasteiger charge is 2.28. The van der Waals surface area contributed by atoms with Gasteiger partial charge in [-0.25, -0.2) is 8.42 Å². The SMILES string of the molecule is COc1ccc(N)cc1S(=O)(=O)N(C)C(C)CO. The lowest BCUT2D eigenvalue weighted by atomic mass is 10.3. The second kappa shape index (κ2) is 5.55. The molecule has 3 N–H and O–H groups in total. The number of nitrogens with zero attached hydrogens (tertiary/aromatic N) is 1. The number of benzene rings is 1. The van der Waals surface area contributed by atoms with Crippen molar-refractivity contribution in [1.29, 1.82) is 0 Å². The van der Waals surface area contributed by atoms with Crippen LogP contribution in [0.15, 0.2) is 23.1 Å². The summed E-state index contributed by atoms with van der Waals surface area (Å²) in [7, 11) is -0.957. The lowest BCUT2D eigenvalue weighted by molar-refractivity contribution is 0.213. The molecule has 102 valence electrons. The molecule has 7 heteroatoms. The first-order valence-electron chi connectivity index (χ1n) is 5.37. The molecular formula is C11H18N2O4S. The minimum Gasteiger partial charge on any atom is -0.495 e. The Balaban J connectivity index is 3.31. The fourth-order valence-electron chi connectivity index (χ4n) is 1.40. The van der Waals surface area contributed by atoms with Crippen molar-refractivity contribution in [3.05, 3.63) is 18.2 Å². The average molecular weight is 274 g/mol. The smallest absolute Gasteiger partial charge is 0.246 e. The Bertz CT molecular complexity index is 516. The normalized spacial score (nSPS) is 13.6. The highest BCUT2D eigenvalue weighted by Crippen LogP contribution is 2.28. The largest absolute Gasteiger partial charge is 0.495 e. The molecule has 0 saturated heterocycles. The molecule has 0 amide bonds. The van der Waals surface area contributed by atoms with E-state index >= 15 is 0 Å². The molecule has 0 fully saturated rings. The van der Waals surface area contributed by atoms with Crippen LogP contribution in [0.2, 0.25) is 0 Å². The first kappa shape index (κ1) is 14.7. The number of rotatable bonds is 5. The Morgan fingerprint density at radius 1 is 1.50 bits per heavy atom. The maximum atomic E-state index is 12.3. The van der Waals surface area contributed by atoms with Crippen molar-refractivity contribution in [1.82, 2.24) is 4.31 Å². The van der Waals surface area contributed by atoms with Gasteiger partial charge in [-0.3, -0.25) is 0 Å². The van der Waals surface area contributed by atoms with Crippen molar-refractivity contribution in [3.63, 3.8) is 0 Å². The van der Waals surface area contributed by atoms with Gasteiger partial charge in [0.2, 0.25) is 10.0 Å². The number of hydrogen-bond donors (Lipinski definition) is 2. The molecule has 6 nitrogen and oxygen atoms in total. The van der Waals surface area contributed by atoms with Gasteiger partial charge in [-0.15, -0.1) is 0 Å². The molecule has 1 aromatic carbocycles. The Kier molecular flexibility index (Phi) is 4.55. The van der Waals surface area contributed by atoms with Gasteiger partial charge in [0.25, 0.3) is 0 Å². The van der Waals surface area contributed by atoms with Crippen molar-refractivity contribution in [2.24, 2.45) is 0 Å². The van der Waals surface area contributed by atoms with Crippen molar-refractivity contribution < 1.29 is 18.3 Å². The van der Waals surface area contributed by atoms with Crippen LogP contribution in [0.1, 0.15) is 6.92 Å². The van der Waals surface area contributed by atoms with E-state index in [4.69, 9.17) is 15.6 Å². The van der Waals surface area contributed by atoms with E-state index in [0.717, 1.165) is 4.31 Å². The number of ether oxygens (including phenoxy) is 1. The van der Waals surface area contributed by atoms with Crippen LogP contribution in [-0.2, 0) is 10.0 Å². The number of likely N-dealkylation sites (N-methyl/N-ethyl adjacent to an activating group) is 1. The van der Waals surface area contributed by atoms with Gasteiger partial charge in [0.15, 0.2) is 0 Å². The molecule has 0 radical (unpaired) electrons. The monoisotopic (exact) mass is 274 g/mol. The molecule has 0 heterocycles. The van der Waals surface area contributed by atoms with E-state index in [1.54, 1.807) is 13.0 Å². The van der Waals surface area contributed by atoms with Crippen molar-refractivity contribution in [2.45, 2.75) is 17.9 Å². The first-order valence-corrected chi connectivity index (χ1v) is 6.81. The van der Waals surface area contributed by atoms with Gasteiger partial charge in [-0.05, 0) is 25.1 Å². The summed E-state index contributed by atoms with van der Waals surface area (Å²) in [6, 6.07) is 3.88. The Morgan fingerprint density at radius 3 is 2.61 bits per heavy atom. The first-order chi connectivity index (χ1) is 8.34. The standard InChI is InChI=1S/C11H18N2O4S/c1-8(7-14)13(2)18(15,16)11-6-9(12)4-5-10(11)17-3/h4-6,8,14H,7,12H2,1-3H3. The van der Waals surface area contributed by atoms with Crippen LogP contribution >= 0.6 is 0 Å². The number of aliphatic hydroxyl groups is 1. The predicted octanol–water partition coefficient (Wildman–Crippen LogP) is 0.279. The van der Waals surface area contributed by atoms with Gasteiger partial charge in [0.1, 0.15) is 10.6 Å². The highest BCUT2D eigenvalue weighted by molar-refractivity contribution is 7.89.